The first-order valence-electron chi connectivity index (χ1n) is 5.65. The van der Waals surface area contributed by atoms with Crippen molar-refractivity contribution in [2.75, 3.05) is 13.1 Å². The number of Topliss-reactive ketones (excluding diaryl/α,β-unsaturated/α-hetero) is 1. The minimum Gasteiger partial charge on any atom is -0.331 e. The Kier molecular flexibility index (Phi) is 6.18. The van der Waals surface area contributed by atoms with Gasteiger partial charge in [-0.2, -0.15) is 0 Å². The molecule has 3 nitrogen and oxygen atoms in total. The predicted molar refractivity (Wildman–Crippen MR) is 70.4 cm³/mol. The fraction of sp³-hybridized carbons (Fsp3) is 0.429. The quantitative estimate of drug-likeness (QED) is 0.750. The average molecular weight is 235 g/mol. The van der Waals surface area contributed by atoms with Crippen molar-refractivity contribution in [1.82, 2.24) is 4.90 Å². The highest BCUT2D eigenvalue weighted by molar-refractivity contribution is 6.13. The van der Waals surface area contributed by atoms with Crippen LogP contribution in [-0.2, 0) is 0 Å². The van der Waals surface area contributed by atoms with E-state index >= 15 is 0 Å². The van der Waals surface area contributed by atoms with Gasteiger partial charge in [0.25, 0.3) is 5.91 Å². The number of amides is 1. The monoisotopic (exact) mass is 235 g/mol. The maximum Gasteiger partial charge on any atom is 0.254 e. The molecular formula is C14H21NO2. The zero-order valence-corrected chi connectivity index (χ0v) is 9.99. The summed E-state index contributed by atoms with van der Waals surface area (Å²) in [6.07, 6.45) is 0. The third kappa shape index (κ3) is 2.93. The van der Waals surface area contributed by atoms with Gasteiger partial charge < -0.3 is 4.90 Å². The summed E-state index contributed by atoms with van der Waals surface area (Å²) in [5.41, 5.74) is 1.09. The zero-order valence-electron chi connectivity index (χ0n) is 9.99. The molecule has 3 heteroatoms. The summed E-state index contributed by atoms with van der Waals surface area (Å²) in [5.74, 6) is -0.00949. The molecule has 1 aromatic rings. The Labute approximate surface area is 103 Å². The second kappa shape index (κ2) is 6.84. The lowest BCUT2D eigenvalue weighted by molar-refractivity contribution is 0.0689. The summed E-state index contributed by atoms with van der Waals surface area (Å²) >= 11 is 0. The summed E-state index contributed by atoms with van der Waals surface area (Å²) in [5, 5.41) is 0. The van der Waals surface area contributed by atoms with Gasteiger partial charge in [0.15, 0.2) is 5.78 Å². The first-order chi connectivity index (χ1) is 7.74. The molecule has 0 unspecified atom stereocenters. The molecule has 0 aromatic heterocycles. The third-order valence-corrected chi connectivity index (χ3v) is 2.46. The number of ketones is 1. The molecule has 0 spiro atoms. The van der Waals surface area contributed by atoms with Gasteiger partial charge in [-0.05, 0) is 13.0 Å². The van der Waals surface area contributed by atoms with Crippen LogP contribution >= 0.6 is 0 Å². The molecule has 0 radical (unpaired) electrons. The third-order valence-electron chi connectivity index (χ3n) is 2.46. The Bertz CT molecular complexity index is 399. The Balaban J connectivity index is 0.000000811. The second-order valence-corrected chi connectivity index (χ2v) is 3.29. The van der Waals surface area contributed by atoms with Crippen LogP contribution in [0, 0.1) is 0 Å². The number of carbonyl (C=O) groups is 2. The zero-order chi connectivity index (χ0) is 12.1. The van der Waals surface area contributed by atoms with Crippen LogP contribution in [0.1, 0.15) is 48.9 Å². The smallest absolute Gasteiger partial charge is 0.254 e. The van der Waals surface area contributed by atoms with Gasteiger partial charge >= 0.3 is 0 Å². The summed E-state index contributed by atoms with van der Waals surface area (Å²) in [6, 6.07) is 6.98. The van der Waals surface area contributed by atoms with Gasteiger partial charge in [0.1, 0.15) is 0 Å². The Morgan fingerprint density at radius 2 is 1.65 bits per heavy atom. The van der Waals surface area contributed by atoms with Crippen LogP contribution in [0.2, 0.25) is 0 Å². The molecule has 0 aliphatic carbocycles. The molecule has 1 amide bonds. The molecule has 0 N–H and O–H groups in total. The van der Waals surface area contributed by atoms with Crippen LogP contribution in [0.15, 0.2) is 24.3 Å². The van der Waals surface area contributed by atoms with Gasteiger partial charge in [-0.25, -0.2) is 0 Å². The molecule has 1 aromatic carbocycles. The van der Waals surface area contributed by atoms with Crippen molar-refractivity contribution in [2.24, 2.45) is 0 Å². The molecule has 2 rings (SSSR count). The van der Waals surface area contributed by atoms with E-state index < -0.39 is 0 Å². The summed E-state index contributed by atoms with van der Waals surface area (Å²) in [7, 11) is 0. The molecule has 17 heavy (non-hydrogen) atoms. The molecule has 1 aliphatic rings. The van der Waals surface area contributed by atoms with Crippen molar-refractivity contribution in [3.05, 3.63) is 35.4 Å². The molecular weight excluding hydrogens is 214 g/mol. The molecule has 0 saturated heterocycles. The fourth-order valence-corrected chi connectivity index (χ4v) is 1.67. The number of carbonyl (C=O) groups excluding carboxylic acids is 2. The number of nitrogens with zero attached hydrogens (tertiary/aromatic N) is 1. The first-order valence-corrected chi connectivity index (χ1v) is 5.65. The van der Waals surface area contributed by atoms with Crippen LogP contribution in [0.25, 0.3) is 0 Å². The van der Waals surface area contributed by atoms with Crippen LogP contribution < -0.4 is 0 Å². The van der Waals surface area contributed by atoms with Gasteiger partial charge in [-0.1, -0.05) is 39.5 Å². The van der Waals surface area contributed by atoms with Crippen molar-refractivity contribution < 1.29 is 9.59 Å². The summed E-state index contributed by atoms with van der Waals surface area (Å²) in [6.45, 7) is 6.67. The van der Waals surface area contributed by atoms with Crippen LogP contribution in [0.3, 0.4) is 0 Å². The van der Waals surface area contributed by atoms with E-state index in [-0.39, 0.29) is 25.7 Å². The van der Waals surface area contributed by atoms with Gasteiger partial charge in [0.05, 0.1) is 12.1 Å². The van der Waals surface area contributed by atoms with E-state index in [9.17, 15) is 9.59 Å². The highest BCUT2D eigenvalue weighted by atomic mass is 16.2. The van der Waals surface area contributed by atoms with Crippen LogP contribution in [0.4, 0.5) is 0 Å². The molecule has 0 saturated carbocycles. The molecule has 1 heterocycles. The van der Waals surface area contributed by atoms with Crippen LogP contribution in [-0.4, -0.2) is 29.7 Å². The molecule has 94 valence electrons. The topological polar surface area (TPSA) is 37.4 Å². The SMILES string of the molecule is C.CC.CCN1CC(=O)c2ccccc2C1=O. The average Bonchev–Trinajstić information content (AvgIpc) is 2.36. The lowest BCUT2D eigenvalue weighted by Crippen LogP contribution is -2.40. The number of rotatable bonds is 1. The normalized spacial score (nSPS) is 13.2. The number of fused-ring (bicyclic) bond motifs is 1. The van der Waals surface area contributed by atoms with E-state index in [1.807, 2.05) is 20.8 Å². The number of benzene rings is 1. The highest BCUT2D eigenvalue weighted by Crippen LogP contribution is 2.17. The van der Waals surface area contributed by atoms with E-state index in [1.54, 1.807) is 29.2 Å². The van der Waals surface area contributed by atoms with Crippen molar-refractivity contribution >= 4 is 11.7 Å². The molecule has 0 bridgehead atoms. The number of hydrogen-bond donors (Lipinski definition) is 0. The van der Waals surface area contributed by atoms with E-state index in [0.717, 1.165) is 0 Å². The van der Waals surface area contributed by atoms with Crippen molar-refractivity contribution in [3.8, 4) is 0 Å². The van der Waals surface area contributed by atoms with Crippen molar-refractivity contribution in [3.63, 3.8) is 0 Å². The lowest BCUT2D eigenvalue weighted by atomic mass is 9.98. The molecule has 0 fully saturated rings. The van der Waals surface area contributed by atoms with Crippen LogP contribution in [0.5, 0.6) is 0 Å². The maximum absolute atomic E-state index is 11.8. The fourth-order valence-electron chi connectivity index (χ4n) is 1.67. The van der Waals surface area contributed by atoms with Gasteiger partial charge in [-0.3, -0.25) is 9.59 Å². The van der Waals surface area contributed by atoms with Gasteiger partial charge in [-0.15, -0.1) is 0 Å². The number of hydrogen-bond acceptors (Lipinski definition) is 2. The molecule has 0 atom stereocenters. The maximum atomic E-state index is 11.8. The van der Waals surface area contributed by atoms with Gasteiger partial charge in [0, 0.05) is 12.1 Å². The van der Waals surface area contributed by atoms with Crippen molar-refractivity contribution in [1.29, 1.82) is 0 Å². The van der Waals surface area contributed by atoms with E-state index in [2.05, 4.69) is 0 Å². The van der Waals surface area contributed by atoms with E-state index in [4.69, 9.17) is 0 Å². The van der Waals surface area contributed by atoms with Gasteiger partial charge in [0.2, 0.25) is 0 Å². The minimum absolute atomic E-state index is 0. The highest BCUT2D eigenvalue weighted by Gasteiger charge is 2.27. The predicted octanol–water partition coefficient (Wildman–Crippen LogP) is 3.01. The Morgan fingerprint density at radius 3 is 2.18 bits per heavy atom. The Morgan fingerprint density at radius 1 is 1.12 bits per heavy atom. The standard InChI is InChI=1S/C11H11NO2.C2H6.CH4/c1-2-12-7-10(13)8-5-3-4-6-9(8)11(12)14;1-2;/h3-6H,2,7H2,1H3;1-2H3;1H4. The Hall–Kier alpha value is -1.64. The lowest BCUT2D eigenvalue weighted by Gasteiger charge is -2.25. The van der Waals surface area contributed by atoms with E-state index in [0.29, 0.717) is 17.7 Å². The van der Waals surface area contributed by atoms with Crippen molar-refractivity contribution in [2.45, 2.75) is 28.2 Å². The summed E-state index contributed by atoms with van der Waals surface area (Å²) in [4.78, 5) is 24.9. The summed E-state index contributed by atoms with van der Waals surface area (Å²) < 4.78 is 0. The number of likely N-dealkylation sites (N-methyl/N-ethyl adjacent to an activating group) is 1. The largest absolute Gasteiger partial charge is 0.331 e. The second-order valence-electron chi connectivity index (χ2n) is 3.29. The first kappa shape index (κ1) is 15.4. The van der Waals surface area contributed by atoms with E-state index in [1.165, 1.54) is 0 Å². The minimum atomic E-state index is -0.0392. The molecule has 1 aliphatic heterocycles.